The van der Waals surface area contributed by atoms with Crippen molar-refractivity contribution < 1.29 is 14.6 Å². The van der Waals surface area contributed by atoms with E-state index in [4.69, 9.17) is 16.3 Å². The molecule has 0 aromatic rings. The molecule has 58 valence electrons. The summed E-state index contributed by atoms with van der Waals surface area (Å²) in [5.41, 5.74) is 0. The van der Waals surface area contributed by atoms with Gasteiger partial charge in [0.25, 0.3) is 0 Å². The van der Waals surface area contributed by atoms with Crippen molar-refractivity contribution in [2.45, 2.75) is 6.10 Å². The van der Waals surface area contributed by atoms with E-state index in [-0.39, 0.29) is 19.8 Å². The third kappa shape index (κ3) is 5.57. The highest BCUT2D eigenvalue weighted by atomic mass is 16.5. The Labute approximate surface area is 60.9 Å². The lowest BCUT2D eigenvalue weighted by Gasteiger charge is -2.07. The number of ether oxygens (including phenoxy) is 2. The molecule has 3 nitrogen and oxygen atoms in total. The maximum absolute atomic E-state index is 8.96. The third-order valence-electron chi connectivity index (χ3n) is 0.855. The summed E-state index contributed by atoms with van der Waals surface area (Å²) in [6.07, 6.45) is 4.33. The van der Waals surface area contributed by atoms with E-state index >= 15 is 0 Å². The molecular formula is C7H12O3. The van der Waals surface area contributed by atoms with E-state index in [9.17, 15) is 0 Å². The van der Waals surface area contributed by atoms with Gasteiger partial charge in [0, 0.05) is 7.11 Å². The van der Waals surface area contributed by atoms with Crippen LogP contribution in [0.3, 0.4) is 0 Å². The van der Waals surface area contributed by atoms with Crippen molar-refractivity contribution in [2.75, 3.05) is 26.9 Å². The monoisotopic (exact) mass is 144 g/mol. The molecule has 0 heterocycles. The fourth-order valence-corrected chi connectivity index (χ4v) is 0.494. The van der Waals surface area contributed by atoms with Gasteiger partial charge >= 0.3 is 0 Å². The average molecular weight is 144 g/mol. The molecule has 0 aliphatic rings. The SMILES string of the molecule is C#CCOCC(O)COC. The van der Waals surface area contributed by atoms with Gasteiger partial charge in [-0.15, -0.1) is 6.42 Å². The van der Waals surface area contributed by atoms with Crippen LogP contribution in [0.1, 0.15) is 0 Å². The maximum atomic E-state index is 8.96. The van der Waals surface area contributed by atoms with Crippen molar-refractivity contribution in [3.8, 4) is 12.3 Å². The lowest BCUT2D eigenvalue weighted by molar-refractivity contribution is 0.00236. The van der Waals surface area contributed by atoms with Crippen LogP contribution in [-0.4, -0.2) is 38.1 Å². The number of hydrogen-bond donors (Lipinski definition) is 1. The Morgan fingerprint density at radius 1 is 1.60 bits per heavy atom. The molecule has 10 heavy (non-hydrogen) atoms. The van der Waals surface area contributed by atoms with E-state index < -0.39 is 6.10 Å². The second-order valence-electron chi connectivity index (χ2n) is 1.83. The molecule has 0 rings (SSSR count). The van der Waals surface area contributed by atoms with Crippen LogP contribution in [-0.2, 0) is 9.47 Å². The highest BCUT2D eigenvalue weighted by Crippen LogP contribution is 1.84. The maximum Gasteiger partial charge on any atom is 0.107 e. The standard InChI is InChI=1S/C7H12O3/c1-3-4-10-6-7(8)5-9-2/h1,7-8H,4-6H2,2H3. The fourth-order valence-electron chi connectivity index (χ4n) is 0.494. The third-order valence-corrected chi connectivity index (χ3v) is 0.855. The smallest absolute Gasteiger partial charge is 0.107 e. The quantitative estimate of drug-likeness (QED) is 0.423. The summed E-state index contributed by atoms with van der Waals surface area (Å²) in [7, 11) is 1.52. The van der Waals surface area contributed by atoms with Crippen molar-refractivity contribution in [1.82, 2.24) is 0 Å². The lowest BCUT2D eigenvalue weighted by Crippen LogP contribution is -2.20. The molecule has 0 amide bonds. The number of aliphatic hydroxyl groups excluding tert-OH is 1. The van der Waals surface area contributed by atoms with E-state index in [1.54, 1.807) is 0 Å². The van der Waals surface area contributed by atoms with Gasteiger partial charge in [-0.1, -0.05) is 5.92 Å². The van der Waals surface area contributed by atoms with Gasteiger partial charge in [0.05, 0.1) is 13.2 Å². The molecule has 0 aliphatic carbocycles. The lowest BCUT2D eigenvalue weighted by atomic mass is 10.4. The van der Waals surface area contributed by atoms with Crippen LogP contribution < -0.4 is 0 Å². The van der Waals surface area contributed by atoms with Crippen molar-refractivity contribution in [2.24, 2.45) is 0 Å². The van der Waals surface area contributed by atoms with Crippen LogP contribution in [0.2, 0.25) is 0 Å². The average Bonchev–Trinajstić information content (AvgIpc) is 1.89. The Hall–Kier alpha value is -0.560. The molecule has 0 saturated heterocycles. The molecule has 0 spiro atoms. The van der Waals surface area contributed by atoms with E-state index in [1.807, 2.05) is 0 Å². The normalized spacial score (nSPS) is 12.5. The zero-order valence-corrected chi connectivity index (χ0v) is 6.04. The number of rotatable bonds is 5. The van der Waals surface area contributed by atoms with Gasteiger partial charge in [0.15, 0.2) is 0 Å². The van der Waals surface area contributed by atoms with Crippen LogP contribution in [0.5, 0.6) is 0 Å². The van der Waals surface area contributed by atoms with Gasteiger partial charge in [0.2, 0.25) is 0 Å². The Bertz CT molecular complexity index is 106. The first-order chi connectivity index (χ1) is 4.81. The zero-order valence-electron chi connectivity index (χ0n) is 6.04. The minimum atomic E-state index is -0.571. The Kier molecular flexibility index (Phi) is 6.19. The molecular weight excluding hydrogens is 132 g/mol. The van der Waals surface area contributed by atoms with Gasteiger partial charge in [-0.25, -0.2) is 0 Å². The minimum absolute atomic E-state index is 0.234. The molecule has 0 aromatic heterocycles. The predicted octanol–water partition coefficient (Wildman–Crippen LogP) is -0.357. The van der Waals surface area contributed by atoms with Gasteiger partial charge in [-0.3, -0.25) is 0 Å². The minimum Gasteiger partial charge on any atom is -0.388 e. The highest BCUT2D eigenvalue weighted by Gasteiger charge is 2.00. The Morgan fingerprint density at radius 3 is 2.80 bits per heavy atom. The fraction of sp³-hybridized carbons (Fsp3) is 0.714. The second kappa shape index (κ2) is 6.56. The topological polar surface area (TPSA) is 38.7 Å². The van der Waals surface area contributed by atoms with E-state index in [0.29, 0.717) is 0 Å². The first kappa shape index (κ1) is 9.44. The van der Waals surface area contributed by atoms with Crippen LogP contribution >= 0.6 is 0 Å². The summed E-state index contributed by atoms with van der Waals surface area (Å²) in [6, 6.07) is 0. The van der Waals surface area contributed by atoms with Gasteiger partial charge in [-0.2, -0.15) is 0 Å². The number of hydrogen-bond acceptors (Lipinski definition) is 3. The second-order valence-corrected chi connectivity index (χ2v) is 1.83. The summed E-state index contributed by atoms with van der Waals surface area (Å²) >= 11 is 0. The van der Waals surface area contributed by atoms with Crippen LogP contribution in [0.4, 0.5) is 0 Å². The largest absolute Gasteiger partial charge is 0.388 e. The highest BCUT2D eigenvalue weighted by molar-refractivity contribution is 4.82. The summed E-state index contributed by atoms with van der Waals surface area (Å²) in [5.74, 6) is 2.29. The molecule has 1 N–H and O–H groups in total. The van der Waals surface area contributed by atoms with Crippen molar-refractivity contribution >= 4 is 0 Å². The van der Waals surface area contributed by atoms with Crippen LogP contribution in [0, 0.1) is 12.3 Å². The first-order valence-corrected chi connectivity index (χ1v) is 2.99. The summed E-state index contributed by atoms with van der Waals surface area (Å²) in [4.78, 5) is 0. The molecule has 0 radical (unpaired) electrons. The van der Waals surface area contributed by atoms with Gasteiger partial charge < -0.3 is 14.6 Å². The van der Waals surface area contributed by atoms with E-state index in [0.717, 1.165) is 0 Å². The van der Waals surface area contributed by atoms with Crippen molar-refractivity contribution in [3.63, 3.8) is 0 Å². The number of methoxy groups -OCH3 is 1. The molecule has 0 bridgehead atoms. The van der Waals surface area contributed by atoms with Crippen molar-refractivity contribution in [3.05, 3.63) is 0 Å². The number of terminal acetylenes is 1. The molecule has 0 aliphatic heterocycles. The van der Waals surface area contributed by atoms with Gasteiger partial charge in [0.1, 0.15) is 12.7 Å². The van der Waals surface area contributed by atoms with Crippen LogP contribution in [0.25, 0.3) is 0 Å². The van der Waals surface area contributed by atoms with Gasteiger partial charge in [-0.05, 0) is 0 Å². The molecule has 0 aromatic carbocycles. The summed E-state index contributed by atoms with van der Waals surface area (Å²) in [6.45, 7) is 0.753. The molecule has 1 atom stereocenters. The molecule has 1 unspecified atom stereocenters. The predicted molar refractivity (Wildman–Crippen MR) is 37.5 cm³/mol. The Balaban J connectivity index is 3.06. The van der Waals surface area contributed by atoms with E-state index in [2.05, 4.69) is 10.7 Å². The van der Waals surface area contributed by atoms with Crippen LogP contribution in [0.15, 0.2) is 0 Å². The number of aliphatic hydroxyl groups is 1. The van der Waals surface area contributed by atoms with Crippen molar-refractivity contribution in [1.29, 1.82) is 0 Å². The molecule has 0 fully saturated rings. The van der Waals surface area contributed by atoms with E-state index in [1.165, 1.54) is 7.11 Å². The zero-order chi connectivity index (χ0) is 7.82. The first-order valence-electron chi connectivity index (χ1n) is 2.99. The Morgan fingerprint density at radius 2 is 2.30 bits per heavy atom. The molecule has 0 saturated carbocycles. The molecule has 3 heteroatoms. The summed E-state index contributed by atoms with van der Waals surface area (Å²) < 4.78 is 9.48. The summed E-state index contributed by atoms with van der Waals surface area (Å²) in [5, 5.41) is 8.96.